The highest BCUT2D eigenvalue weighted by molar-refractivity contribution is 5.95. The molecule has 3 N–H and O–H groups in total. The van der Waals surface area contributed by atoms with E-state index in [0.717, 1.165) is 12.0 Å². The average molecular weight is 435 g/mol. The van der Waals surface area contributed by atoms with Crippen molar-refractivity contribution in [2.75, 3.05) is 13.1 Å². The first kappa shape index (κ1) is 24.1. The third-order valence-electron chi connectivity index (χ3n) is 5.62. The molecular formula is C23H31ClN2O4. The lowest BCUT2D eigenvalue weighted by Gasteiger charge is -2.43. The molecule has 1 aromatic heterocycles. The van der Waals surface area contributed by atoms with E-state index in [1.54, 1.807) is 13.0 Å². The molecule has 2 atom stereocenters. The van der Waals surface area contributed by atoms with Gasteiger partial charge in [-0.1, -0.05) is 44.2 Å². The van der Waals surface area contributed by atoms with Crippen LogP contribution in [0.2, 0.25) is 0 Å². The summed E-state index contributed by atoms with van der Waals surface area (Å²) in [6.45, 7) is 6.98. The summed E-state index contributed by atoms with van der Waals surface area (Å²) in [6.07, 6.45) is 1.26. The summed E-state index contributed by atoms with van der Waals surface area (Å²) < 4.78 is 5.42. The number of hydrogen-bond donors (Lipinski definition) is 3. The maximum Gasteiger partial charge on any atom is 0.349 e. The van der Waals surface area contributed by atoms with Gasteiger partial charge in [0.1, 0.15) is 11.3 Å². The Hall–Kier alpha value is -2.15. The number of halogens is 1. The van der Waals surface area contributed by atoms with Crippen molar-refractivity contribution in [3.8, 4) is 0 Å². The first-order valence-electron chi connectivity index (χ1n) is 10.2. The Morgan fingerprint density at radius 3 is 2.63 bits per heavy atom. The van der Waals surface area contributed by atoms with Crippen LogP contribution >= 0.6 is 12.4 Å². The van der Waals surface area contributed by atoms with Crippen LogP contribution in [0.25, 0.3) is 0 Å². The summed E-state index contributed by atoms with van der Waals surface area (Å²) >= 11 is 0. The van der Waals surface area contributed by atoms with Crippen LogP contribution in [0.1, 0.15) is 53.9 Å². The number of aliphatic hydroxyl groups excluding tert-OH is 1. The second kappa shape index (κ2) is 10.2. The zero-order valence-electron chi connectivity index (χ0n) is 17.7. The van der Waals surface area contributed by atoms with Crippen molar-refractivity contribution in [2.24, 2.45) is 5.92 Å². The highest BCUT2D eigenvalue weighted by Crippen LogP contribution is 2.31. The van der Waals surface area contributed by atoms with Crippen LogP contribution < -0.4 is 16.3 Å². The molecule has 1 fully saturated rings. The number of carbonyl (C=O) groups excluding carboxylic acids is 1. The molecule has 7 heteroatoms. The molecule has 1 aliphatic rings. The lowest BCUT2D eigenvalue weighted by atomic mass is 9.79. The van der Waals surface area contributed by atoms with Gasteiger partial charge in [0, 0.05) is 13.0 Å². The topological polar surface area (TPSA) is 91.6 Å². The minimum absolute atomic E-state index is 0. The fourth-order valence-electron chi connectivity index (χ4n) is 3.92. The number of carbonyl (C=O) groups is 1. The molecule has 2 heterocycles. The third-order valence-corrected chi connectivity index (χ3v) is 5.62. The fourth-order valence-corrected chi connectivity index (χ4v) is 3.92. The molecule has 0 bridgehead atoms. The molecule has 1 aliphatic heterocycles. The van der Waals surface area contributed by atoms with E-state index in [2.05, 4.69) is 24.5 Å². The first-order valence-corrected chi connectivity index (χ1v) is 10.2. The molecule has 0 unspecified atom stereocenters. The van der Waals surface area contributed by atoms with Gasteiger partial charge in [0.15, 0.2) is 0 Å². The number of hydrogen-bond acceptors (Lipinski definition) is 5. The Morgan fingerprint density at radius 1 is 1.33 bits per heavy atom. The predicted octanol–water partition coefficient (Wildman–Crippen LogP) is 2.94. The van der Waals surface area contributed by atoms with Crippen molar-refractivity contribution in [3.63, 3.8) is 0 Å². The number of piperidine rings is 1. The first-order chi connectivity index (χ1) is 13.8. The van der Waals surface area contributed by atoms with Gasteiger partial charge in [-0.05, 0) is 49.4 Å². The molecule has 0 saturated carbocycles. The van der Waals surface area contributed by atoms with Gasteiger partial charge in [-0.2, -0.15) is 0 Å². The third kappa shape index (κ3) is 5.12. The van der Waals surface area contributed by atoms with E-state index in [4.69, 9.17) is 4.42 Å². The monoisotopic (exact) mass is 434 g/mol. The maximum atomic E-state index is 13.2. The van der Waals surface area contributed by atoms with Gasteiger partial charge in [0.25, 0.3) is 5.91 Å². The van der Waals surface area contributed by atoms with Gasteiger partial charge < -0.3 is 20.2 Å². The molecule has 1 amide bonds. The standard InChI is InChI=1S/C23H30N2O4.ClH/c1-15(2)9-10-18-13-16(3)20(22(28)29-18)21(27)25-23(11-12-24-14-19(23)26)17-7-5-4-6-8-17;/h4-8,13,15,19,24,26H,9-12,14H2,1-3H3,(H,25,27);1H/t19-,23+;/m1./s1. The van der Waals surface area contributed by atoms with E-state index >= 15 is 0 Å². The van der Waals surface area contributed by atoms with Crippen LogP contribution in [-0.2, 0) is 12.0 Å². The molecule has 6 nitrogen and oxygen atoms in total. The van der Waals surface area contributed by atoms with Crippen LogP contribution in [0.4, 0.5) is 0 Å². The summed E-state index contributed by atoms with van der Waals surface area (Å²) in [5, 5.41) is 16.9. The molecule has 3 rings (SSSR count). The van der Waals surface area contributed by atoms with Crippen molar-refractivity contribution >= 4 is 18.3 Å². The molecule has 0 aliphatic carbocycles. The average Bonchev–Trinajstić information content (AvgIpc) is 2.68. The molecule has 2 aromatic rings. The lowest BCUT2D eigenvalue weighted by Crippen LogP contribution is -2.61. The van der Waals surface area contributed by atoms with Gasteiger partial charge in [-0.15, -0.1) is 12.4 Å². The second-order valence-electron chi connectivity index (χ2n) is 8.25. The van der Waals surface area contributed by atoms with Crippen LogP contribution in [0.3, 0.4) is 0 Å². The number of amides is 1. The Balaban J connectivity index is 0.00000320. The molecule has 0 radical (unpaired) electrons. The van der Waals surface area contributed by atoms with E-state index in [1.165, 1.54) is 0 Å². The second-order valence-corrected chi connectivity index (χ2v) is 8.25. The largest absolute Gasteiger partial charge is 0.427 e. The van der Waals surface area contributed by atoms with Crippen LogP contribution in [0.5, 0.6) is 0 Å². The van der Waals surface area contributed by atoms with Crippen LogP contribution in [0, 0.1) is 12.8 Å². The highest BCUT2D eigenvalue weighted by Gasteiger charge is 2.43. The van der Waals surface area contributed by atoms with Gasteiger partial charge in [-0.3, -0.25) is 4.79 Å². The minimum atomic E-state index is -0.960. The number of nitrogens with one attached hydrogen (secondary N) is 2. The highest BCUT2D eigenvalue weighted by atomic mass is 35.5. The molecule has 1 aromatic carbocycles. The number of β-amino-alcohol motifs (C(OH)–C–C–N with tert-alkyl or cyclic N) is 1. The Kier molecular flexibility index (Phi) is 8.24. The maximum absolute atomic E-state index is 13.2. The van der Waals surface area contributed by atoms with E-state index in [9.17, 15) is 14.7 Å². The number of aliphatic hydroxyl groups is 1. The van der Waals surface area contributed by atoms with Crippen molar-refractivity contribution in [1.29, 1.82) is 0 Å². The van der Waals surface area contributed by atoms with Gasteiger partial charge in [0.2, 0.25) is 0 Å². The predicted molar refractivity (Wildman–Crippen MR) is 119 cm³/mol. The smallest absolute Gasteiger partial charge is 0.349 e. The van der Waals surface area contributed by atoms with Crippen LogP contribution in [0.15, 0.2) is 45.6 Å². The number of aryl methyl sites for hydroxylation is 2. The van der Waals surface area contributed by atoms with Crippen molar-refractivity contribution < 1.29 is 14.3 Å². The fraction of sp³-hybridized carbons (Fsp3) is 0.478. The zero-order chi connectivity index (χ0) is 21.0. The Morgan fingerprint density at radius 2 is 2.03 bits per heavy atom. The van der Waals surface area contributed by atoms with Crippen molar-refractivity contribution in [3.05, 3.63) is 69.3 Å². The van der Waals surface area contributed by atoms with Crippen molar-refractivity contribution in [1.82, 2.24) is 10.6 Å². The number of rotatable bonds is 6. The zero-order valence-corrected chi connectivity index (χ0v) is 18.6. The SMILES string of the molecule is Cc1cc(CCC(C)C)oc(=O)c1C(=O)N[C@]1(c2ccccc2)CCNC[C@H]1O.Cl. The summed E-state index contributed by atoms with van der Waals surface area (Å²) in [7, 11) is 0. The van der Waals surface area contributed by atoms with E-state index in [0.29, 0.717) is 43.2 Å². The quantitative estimate of drug-likeness (QED) is 0.650. The molecule has 30 heavy (non-hydrogen) atoms. The van der Waals surface area contributed by atoms with Crippen LogP contribution in [-0.4, -0.2) is 30.2 Å². The van der Waals surface area contributed by atoms with E-state index < -0.39 is 23.2 Å². The van der Waals surface area contributed by atoms with E-state index in [-0.39, 0.29) is 18.0 Å². The molecular weight excluding hydrogens is 404 g/mol. The van der Waals surface area contributed by atoms with Gasteiger partial charge in [0.05, 0.1) is 11.6 Å². The molecule has 0 spiro atoms. The van der Waals surface area contributed by atoms with Gasteiger partial charge >= 0.3 is 5.63 Å². The summed E-state index contributed by atoms with van der Waals surface area (Å²) in [6, 6.07) is 11.2. The summed E-state index contributed by atoms with van der Waals surface area (Å²) in [4.78, 5) is 25.8. The normalized spacial score (nSPS) is 21.2. The Bertz CT molecular complexity index is 913. The lowest BCUT2D eigenvalue weighted by molar-refractivity contribution is 0.0288. The molecule has 164 valence electrons. The summed E-state index contributed by atoms with van der Waals surface area (Å²) in [5.74, 6) is 0.574. The minimum Gasteiger partial charge on any atom is -0.427 e. The molecule has 1 saturated heterocycles. The van der Waals surface area contributed by atoms with E-state index in [1.807, 2.05) is 30.3 Å². The van der Waals surface area contributed by atoms with Crippen molar-refractivity contribution in [2.45, 2.75) is 51.7 Å². The van der Waals surface area contributed by atoms with Gasteiger partial charge in [-0.25, -0.2) is 4.79 Å². The summed E-state index contributed by atoms with van der Waals surface area (Å²) in [5.41, 5.74) is -0.187. The Labute approximate surface area is 183 Å². The number of benzene rings is 1.